The van der Waals surface area contributed by atoms with E-state index >= 15 is 0 Å². The monoisotopic (exact) mass is 268 g/mol. The third-order valence-corrected chi connectivity index (χ3v) is 3.30. The lowest BCUT2D eigenvalue weighted by Crippen LogP contribution is -2.49. The summed E-state index contributed by atoms with van der Waals surface area (Å²) in [6, 6.07) is 0.386. The number of nitrogens with one attached hydrogen (secondary N) is 1. The van der Waals surface area contributed by atoms with Gasteiger partial charge >= 0.3 is 0 Å². The number of rotatable bonds is 8. The van der Waals surface area contributed by atoms with Gasteiger partial charge in [-0.2, -0.15) is 5.10 Å². The fourth-order valence-electron chi connectivity index (χ4n) is 2.44. The quantitative estimate of drug-likeness (QED) is 0.706. The third kappa shape index (κ3) is 5.28. The second kappa shape index (κ2) is 7.01. The van der Waals surface area contributed by atoms with Crippen molar-refractivity contribution in [2.75, 3.05) is 6.61 Å². The van der Waals surface area contributed by atoms with Gasteiger partial charge in [-0.3, -0.25) is 4.68 Å². The first kappa shape index (κ1) is 16.1. The highest BCUT2D eigenvalue weighted by Gasteiger charge is 2.22. The van der Waals surface area contributed by atoms with Gasteiger partial charge in [-0.1, -0.05) is 13.8 Å². The van der Waals surface area contributed by atoms with Gasteiger partial charge in [-0.15, -0.1) is 0 Å². The van der Waals surface area contributed by atoms with E-state index in [2.05, 4.69) is 36.2 Å². The third-order valence-electron chi connectivity index (χ3n) is 3.30. The Labute approximate surface area is 116 Å². The van der Waals surface area contributed by atoms with E-state index in [9.17, 15) is 5.11 Å². The molecule has 5 heteroatoms. The highest BCUT2D eigenvalue weighted by molar-refractivity contribution is 4.87. The molecule has 0 aromatic carbocycles. The van der Waals surface area contributed by atoms with E-state index in [1.165, 1.54) is 0 Å². The number of hydrogen-bond donors (Lipinski definition) is 2. The molecule has 2 N–H and O–H groups in total. The van der Waals surface area contributed by atoms with Gasteiger partial charge in [-0.05, 0) is 40.0 Å². The lowest BCUT2D eigenvalue weighted by atomic mass is 9.95. The zero-order valence-corrected chi connectivity index (χ0v) is 12.9. The SMILES string of the molecule is Cc1nc(C)n(CCCCC(C)(CO)NC(C)C)n1. The number of aliphatic hydroxyl groups is 1. The molecule has 0 spiro atoms. The van der Waals surface area contributed by atoms with Crippen LogP contribution >= 0.6 is 0 Å². The van der Waals surface area contributed by atoms with Crippen LogP contribution in [-0.2, 0) is 6.54 Å². The Morgan fingerprint density at radius 1 is 1.32 bits per heavy atom. The predicted octanol–water partition coefficient (Wildman–Crippen LogP) is 1.81. The molecule has 1 aromatic rings. The number of unbranched alkanes of at least 4 members (excludes halogenated alkanes) is 1. The van der Waals surface area contributed by atoms with E-state index in [1.807, 2.05) is 18.5 Å². The first-order chi connectivity index (χ1) is 8.86. The Bertz CT molecular complexity index is 389. The van der Waals surface area contributed by atoms with Crippen LogP contribution < -0.4 is 5.32 Å². The van der Waals surface area contributed by atoms with E-state index < -0.39 is 0 Å². The van der Waals surface area contributed by atoms with Crippen LogP contribution in [0.3, 0.4) is 0 Å². The molecule has 1 unspecified atom stereocenters. The molecule has 19 heavy (non-hydrogen) atoms. The molecule has 0 aliphatic carbocycles. The van der Waals surface area contributed by atoms with Gasteiger partial charge in [0.05, 0.1) is 6.61 Å². The van der Waals surface area contributed by atoms with Crippen LogP contribution in [0.15, 0.2) is 0 Å². The van der Waals surface area contributed by atoms with Gasteiger partial charge in [0.25, 0.3) is 0 Å². The van der Waals surface area contributed by atoms with Crippen molar-refractivity contribution < 1.29 is 5.11 Å². The number of nitrogens with zero attached hydrogens (tertiary/aromatic N) is 3. The average molecular weight is 268 g/mol. The van der Waals surface area contributed by atoms with Crippen LogP contribution in [0.2, 0.25) is 0 Å². The summed E-state index contributed by atoms with van der Waals surface area (Å²) in [4.78, 5) is 4.29. The molecule has 0 aliphatic heterocycles. The normalized spacial score (nSPS) is 14.9. The summed E-state index contributed by atoms with van der Waals surface area (Å²) < 4.78 is 1.96. The second-order valence-corrected chi connectivity index (χ2v) is 5.90. The molecule has 110 valence electrons. The Kier molecular flexibility index (Phi) is 5.94. The highest BCUT2D eigenvalue weighted by Crippen LogP contribution is 2.15. The lowest BCUT2D eigenvalue weighted by molar-refractivity contribution is 0.153. The number of hydrogen-bond acceptors (Lipinski definition) is 4. The summed E-state index contributed by atoms with van der Waals surface area (Å²) in [6.45, 7) is 11.3. The van der Waals surface area contributed by atoms with Crippen molar-refractivity contribution in [3.63, 3.8) is 0 Å². The molecule has 0 fully saturated rings. The van der Waals surface area contributed by atoms with E-state index in [0.717, 1.165) is 37.5 Å². The standard InChI is InChI=1S/C14H28N4O/c1-11(2)16-14(5,10-19)8-6-7-9-18-13(4)15-12(3)17-18/h11,16,19H,6-10H2,1-5H3. The van der Waals surface area contributed by atoms with Crippen molar-refractivity contribution in [3.8, 4) is 0 Å². The Balaban J connectivity index is 2.35. The summed E-state index contributed by atoms with van der Waals surface area (Å²) >= 11 is 0. The molecule has 1 heterocycles. The number of aryl methyl sites for hydroxylation is 3. The topological polar surface area (TPSA) is 63.0 Å². The second-order valence-electron chi connectivity index (χ2n) is 5.90. The first-order valence-corrected chi connectivity index (χ1v) is 7.13. The lowest BCUT2D eigenvalue weighted by Gasteiger charge is -2.31. The van der Waals surface area contributed by atoms with E-state index in [4.69, 9.17) is 0 Å². The minimum atomic E-state index is -0.179. The maximum atomic E-state index is 9.51. The number of aliphatic hydroxyl groups excluding tert-OH is 1. The van der Waals surface area contributed by atoms with Crippen LogP contribution in [-0.4, -0.2) is 38.1 Å². The summed E-state index contributed by atoms with van der Waals surface area (Å²) in [5.74, 6) is 1.81. The zero-order valence-electron chi connectivity index (χ0n) is 12.9. The van der Waals surface area contributed by atoms with Crippen LogP contribution in [0.4, 0.5) is 0 Å². The van der Waals surface area contributed by atoms with E-state index in [1.54, 1.807) is 0 Å². The minimum absolute atomic E-state index is 0.173. The van der Waals surface area contributed by atoms with Gasteiger partial charge in [-0.25, -0.2) is 4.98 Å². The summed E-state index contributed by atoms with van der Waals surface area (Å²) in [6.07, 6.45) is 3.09. The largest absolute Gasteiger partial charge is 0.394 e. The minimum Gasteiger partial charge on any atom is -0.394 e. The highest BCUT2D eigenvalue weighted by atomic mass is 16.3. The molecule has 1 rings (SSSR count). The molecule has 1 aromatic heterocycles. The molecular weight excluding hydrogens is 240 g/mol. The van der Waals surface area contributed by atoms with Gasteiger partial charge in [0.15, 0.2) is 0 Å². The zero-order chi connectivity index (χ0) is 14.5. The fraction of sp³-hybridized carbons (Fsp3) is 0.857. The molecule has 0 amide bonds. The van der Waals surface area contributed by atoms with Crippen LogP contribution in [0, 0.1) is 13.8 Å². The molecule has 1 atom stereocenters. The maximum Gasteiger partial charge on any atom is 0.147 e. The first-order valence-electron chi connectivity index (χ1n) is 7.13. The van der Waals surface area contributed by atoms with Gasteiger partial charge in [0, 0.05) is 18.1 Å². The summed E-state index contributed by atoms with van der Waals surface area (Å²) in [5.41, 5.74) is -0.179. The molecular formula is C14H28N4O. The van der Waals surface area contributed by atoms with Gasteiger partial charge in [0.2, 0.25) is 0 Å². The van der Waals surface area contributed by atoms with E-state index in [-0.39, 0.29) is 12.1 Å². The molecule has 5 nitrogen and oxygen atoms in total. The van der Waals surface area contributed by atoms with Gasteiger partial charge < -0.3 is 10.4 Å². The smallest absolute Gasteiger partial charge is 0.147 e. The molecule has 0 saturated heterocycles. The molecule has 0 bridgehead atoms. The van der Waals surface area contributed by atoms with Crippen molar-refractivity contribution in [1.29, 1.82) is 0 Å². The molecule has 0 radical (unpaired) electrons. The summed E-state index contributed by atoms with van der Waals surface area (Å²) in [7, 11) is 0. The van der Waals surface area contributed by atoms with Crippen molar-refractivity contribution >= 4 is 0 Å². The number of aromatic nitrogens is 3. The van der Waals surface area contributed by atoms with Crippen LogP contribution in [0.25, 0.3) is 0 Å². The van der Waals surface area contributed by atoms with E-state index in [0.29, 0.717) is 6.04 Å². The van der Waals surface area contributed by atoms with Crippen molar-refractivity contribution in [1.82, 2.24) is 20.1 Å². The molecule has 0 saturated carbocycles. The fourth-order valence-corrected chi connectivity index (χ4v) is 2.44. The summed E-state index contributed by atoms with van der Waals surface area (Å²) in [5, 5.41) is 17.3. The van der Waals surface area contributed by atoms with Crippen LogP contribution in [0.5, 0.6) is 0 Å². The molecule has 0 aliphatic rings. The van der Waals surface area contributed by atoms with Crippen molar-refractivity contribution in [2.24, 2.45) is 0 Å². The Morgan fingerprint density at radius 3 is 2.47 bits per heavy atom. The maximum absolute atomic E-state index is 9.51. The Hall–Kier alpha value is -0.940. The average Bonchev–Trinajstić information content (AvgIpc) is 2.63. The Morgan fingerprint density at radius 2 is 2.00 bits per heavy atom. The van der Waals surface area contributed by atoms with Crippen LogP contribution in [0.1, 0.15) is 51.7 Å². The van der Waals surface area contributed by atoms with Crippen molar-refractivity contribution in [3.05, 3.63) is 11.6 Å². The van der Waals surface area contributed by atoms with Crippen molar-refractivity contribution in [2.45, 2.75) is 72.0 Å². The predicted molar refractivity (Wildman–Crippen MR) is 77.1 cm³/mol. The van der Waals surface area contributed by atoms with Gasteiger partial charge in [0.1, 0.15) is 11.6 Å².